The Balaban J connectivity index is 2.13. The van der Waals surface area contributed by atoms with Crippen LogP contribution in [0.4, 0.5) is 11.4 Å². The highest BCUT2D eigenvalue weighted by molar-refractivity contribution is 7.92. The number of benzene rings is 3. The van der Waals surface area contributed by atoms with E-state index in [-0.39, 0.29) is 34.3 Å². The zero-order chi connectivity index (χ0) is 31.2. The Morgan fingerprint density at radius 1 is 1.00 bits per heavy atom. The molecule has 0 saturated carbocycles. The third-order valence-electron chi connectivity index (χ3n) is 6.18. The number of nitro groups is 1. The number of hydrogen-bond acceptors (Lipinski definition) is 6. The number of anilines is 1. The number of non-ortho nitro benzene ring substituents is 1. The molecule has 1 atom stereocenters. The molecular weight excluding hydrogens is 603 g/mol. The average molecular weight is 636 g/mol. The molecule has 1 unspecified atom stereocenters. The molecule has 0 spiro atoms. The van der Waals surface area contributed by atoms with E-state index in [4.69, 9.17) is 23.2 Å². The smallest absolute Gasteiger partial charge is 0.271 e. The molecule has 10 nitrogen and oxygen atoms in total. The van der Waals surface area contributed by atoms with Crippen LogP contribution >= 0.6 is 23.2 Å². The van der Waals surface area contributed by atoms with Gasteiger partial charge in [0.25, 0.3) is 15.7 Å². The van der Waals surface area contributed by atoms with Crippen molar-refractivity contribution in [3.63, 3.8) is 0 Å². The summed E-state index contributed by atoms with van der Waals surface area (Å²) in [7, 11) is -4.37. The maximum atomic E-state index is 14.1. The molecule has 0 fully saturated rings. The lowest BCUT2D eigenvalue weighted by molar-refractivity contribution is -0.384. The molecule has 13 heteroatoms. The van der Waals surface area contributed by atoms with Crippen LogP contribution < -0.4 is 9.62 Å². The lowest BCUT2D eigenvalue weighted by atomic mass is 10.1. The van der Waals surface area contributed by atoms with Crippen molar-refractivity contribution in [2.24, 2.45) is 0 Å². The zero-order valence-corrected chi connectivity index (χ0v) is 25.9. The van der Waals surface area contributed by atoms with Crippen molar-refractivity contribution in [2.75, 3.05) is 10.8 Å². The van der Waals surface area contributed by atoms with E-state index < -0.39 is 44.9 Å². The number of amides is 2. The number of nitrogens with zero attached hydrogens (tertiary/aromatic N) is 3. The molecule has 0 bridgehead atoms. The van der Waals surface area contributed by atoms with E-state index in [0.29, 0.717) is 10.6 Å². The number of nitro benzene ring substituents is 1. The van der Waals surface area contributed by atoms with Crippen molar-refractivity contribution in [2.45, 2.75) is 57.1 Å². The van der Waals surface area contributed by atoms with Crippen LogP contribution in [0.1, 0.15) is 39.7 Å². The molecule has 2 amide bonds. The Bertz CT molecular complexity index is 1560. The maximum Gasteiger partial charge on any atom is 0.271 e. The van der Waals surface area contributed by atoms with Gasteiger partial charge in [0.05, 0.1) is 15.5 Å². The van der Waals surface area contributed by atoms with Gasteiger partial charge < -0.3 is 10.2 Å². The van der Waals surface area contributed by atoms with Gasteiger partial charge in [-0.15, -0.1) is 0 Å². The average Bonchev–Trinajstić information content (AvgIpc) is 2.92. The monoisotopic (exact) mass is 634 g/mol. The summed E-state index contributed by atoms with van der Waals surface area (Å²) >= 11 is 12.5. The summed E-state index contributed by atoms with van der Waals surface area (Å²) in [6.45, 7) is 6.26. The topological polar surface area (TPSA) is 130 Å². The molecule has 0 aromatic heterocycles. The number of carbonyl (C=O) groups excluding carboxylic acids is 2. The highest BCUT2D eigenvalue weighted by Crippen LogP contribution is 2.29. The lowest BCUT2D eigenvalue weighted by Crippen LogP contribution is -2.55. The highest BCUT2D eigenvalue weighted by atomic mass is 35.5. The van der Waals surface area contributed by atoms with E-state index in [9.17, 15) is 28.1 Å². The molecule has 0 aliphatic heterocycles. The molecule has 0 heterocycles. The van der Waals surface area contributed by atoms with E-state index in [2.05, 4.69) is 5.32 Å². The number of hydrogen-bond donors (Lipinski definition) is 1. The first-order chi connectivity index (χ1) is 19.6. The minimum absolute atomic E-state index is 0.0851. The molecule has 0 aliphatic carbocycles. The van der Waals surface area contributed by atoms with Gasteiger partial charge in [-0.2, -0.15) is 0 Å². The summed E-state index contributed by atoms with van der Waals surface area (Å²) in [5, 5.41) is 15.0. The van der Waals surface area contributed by atoms with Crippen LogP contribution in [0, 0.1) is 10.1 Å². The van der Waals surface area contributed by atoms with Gasteiger partial charge in [0.1, 0.15) is 12.6 Å². The second-order valence-electron chi connectivity index (χ2n) is 10.5. The van der Waals surface area contributed by atoms with Crippen LogP contribution in [0.5, 0.6) is 0 Å². The standard InChI is InChI=1S/C29H32Cl2N4O6S/c1-5-26(28(37)32-29(2,3)4)33(18-20-14-15-21(30)16-25(20)31)27(36)19-34(22-10-9-11-23(17-22)35(38)39)42(40,41)24-12-7-6-8-13-24/h6-17,26H,5,18-19H2,1-4H3,(H,32,37). The summed E-state index contributed by atoms with van der Waals surface area (Å²) in [5.74, 6) is -1.15. The van der Waals surface area contributed by atoms with Crippen molar-refractivity contribution in [3.8, 4) is 0 Å². The number of sulfonamides is 1. The number of carbonyl (C=O) groups is 2. The Kier molecular flexibility index (Phi) is 10.6. The van der Waals surface area contributed by atoms with Crippen molar-refractivity contribution >= 4 is 56.4 Å². The summed E-state index contributed by atoms with van der Waals surface area (Å²) in [6, 6.07) is 16.2. The van der Waals surface area contributed by atoms with E-state index in [0.717, 1.165) is 10.4 Å². The summed E-state index contributed by atoms with van der Waals surface area (Å²) in [5.41, 5.74) is -0.556. The first-order valence-electron chi connectivity index (χ1n) is 13.0. The predicted molar refractivity (Wildman–Crippen MR) is 163 cm³/mol. The van der Waals surface area contributed by atoms with E-state index >= 15 is 0 Å². The molecular formula is C29H32Cl2N4O6S. The lowest BCUT2D eigenvalue weighted by Gasteiger charge is -2.35. The van der Waals surface area contributed by atoms with Gasteiger partial charge in [0.2, 0.25) is 11.8 Å². The number of rotatable bonds is 11. The van der Waals surface area contributed by atoms with E-state index in [1.54, 1.807) is 45.9 Å². The van der Waals surface area contributed by atoms with Crippen LogP contribution in [-0.4, -0.2) is 48.2 Å². The van der Waals surface area contributed by atoms with Crippen LogP contribution in [0.15, 0.2) is 77.7 Å². The molecule has 1 N–H and O–H groups in total. The molecule has 3 rings (SSSR count). The van der Waals surface area contributed by atoms with Crippen molar-refractivity contribution in [3.05, 3.63) is 98.5 Å². The SMILES string of the molecule is CCC(C(=O)NC(C)(C)C)N(Cc1ccc(Cl)cc1Cl)C(=O)CN(c1cccc([N+](=O)[O-])c1)S(=O)(=O)c1ccccc1. The van der Waals surface area contributed by atoms with Crippen LogP contribution in [0.3, 0.4) is 0 Å². The minimum atomic E-state index is -4.37. The van der Waals surface area contributed by atoms with Crippen molar-refractivity contribution in [1.82, 2.24) is 10.2 Å². The van der Waals surface area contributed by atoms with E-state index in [1.807, 2.05) is 0 Å². The molecule has 224 valence electrons. The normalized spacial score (nSPS) is 12.3. The second-order valence-corrected chi connectivity index (χ2v) is 13.2. The highest BCUT2D eigenvalue weighted by Gasteiger charge is 2.35. The zero-order valence-electron chi connectivity index (χ0n) is 23.6. The summed E-state index contributed by atoms with van der Waals surface area (Å²) in [6.07, 6.45) is 0.209. The van der Waals surface area contributed by atoms with Gasteiger partial charge in [-0.1, -0.05) is 60.5 Å². The fourth-order valence-corrected chi connectivity index (χ4v) is 6.11. The second kappa shape index (κ2) is 13.5. The van der Waals surface area contributed by atoms with Crippen LogP contribution in [0.25, 0.3) is 0 Å². The third kappa shape index (κ3) is 8.21. The van der Waals surface area contributed by atoms with Gasteiger partial charge in [0, 0.05) is 34.3 Å². The largest absolute Gasteiger partial charge is 0.350 e. The minimum Gasteiger partial charge on any atom is -0.350 e. The maximum absolute atomic E-state index is 14.1. The Hall–Kier alpha value is -3.67. The van der Waals surface area contributed by atoms with Gasteiger partial charge in [-0.3, -0.25) is 24.0 Å². The Morgan fingerprint density at radius 3 is 2.24 bits per heavy atom. The Labute approximate surface area is 255 Å². The van der Waals surface area contributed by atoms with Crippen LogP contribution in [-0.2, 0) is 26.2 Å². The van der Waals surface area contributed by atoms with Gasteiger partial charge in [-0.25, -0.2) is 8.42 Å². The first kappa shape index (κ1) is 32.8. The van der Waals surface area contributed by atoms with Gasteiger partial charge >= 0.3 is 0 Å². The molecule has 0 radical (unpaired) electrons. The van der Waals surface area contributed by atoms with Gasteiger partial charge in [-0.05, 0) is 63.1 Å². The fraction of sp³-hybridized carbons (Fsp3) is 0.310. The van der Waals surface area contributed by atoms with Crippen molar-refractivity contribution in [1.29, 1.82) is 0 Å². The molecule has 3 aromatic rings. The van der Waals surface area contributed by atoms with Crippen molar-refractivity contribution < 1.29 is 22.9 Å². The van der Waals surface area contributed by atoms with Gasteiger partial charge in [0.15, 0.2) is 0 Å². The first-order valence-corrected chi connectivity index (χ1v) is 15.2. The molecule has 3 aromatic carbocycles. The third-order valence-corrected chi connectivity index (χ3v) is 8.55. The molecule has 42 heavy (non-hydrogen) atoms. The summed E-state index contributed by atoms with van der Waals surface area (Å²) < 4.78 is 28.5. The molecule has 0 saturated heterocycles. The van der Waals surface area contributed by atoms with Crippen LogP contribution in [0.2, 0.25) is 10.0 Å². The fourth-order valence-electron chi connectivity index (χ4n) is 4.22. The summed E-state index contributed by atoms with van der Waals surface area (Å²) in [4.78, 5) is 39.5. The van der Waals surface area contributed by atoms with E-state index in [1.165, 1.54) is 53.4 Å². The molecule has 0 aliphatic rings. The number of nitrogens with one attached hydrogen (secondary N) is 1. The Morgan fingerprint density at radius 2 is 1.67 bits per heavy atom. The quantitative estimate of drug-likeness (QED) is 0.209. The number of halogens is 2. The predicted octanol–water partition coefficient (Wildman–Crippen LogP) is 5.82.